The number of fused-ring (bicyclic) bond motifs is 2. The van der Waals surface area contributed by atoms with Gasteiger partial charge in [-0.3, -0.25) is 0 Å². The molecule has 4 aromatic rings. The van der Waals surface area contributed by atoms with Gasteiger partial charge in [0.15, 0.2) is 11.5 Å². The normalized spacial score (nSPS) is 12.3. The fourth-order valence-electron chi connectivity index (χ4n) is 3.97. The molecule has 0 amide bonds. The summed E-state index contributed by atoms with van der Waals surface area (Å²) in [6.45, 7) is 4.17. The lowest BCUT2D eigenvalue weighted by Gasteiger charge is -2.22. The molecule has 0 radical (unpaired) electrons. The molecule has 1 aliphatic rings. The molecule has 5 rings (SSSR count). The van der Waals surface area contributed by atoms with E-state index in [1.165, 1.54) is 0 Å². The molecule has 7 heteroatoms. The van der Waals surface area contributed by atoms with Crippen molar-refractivity contribution in [1.82, 2.24) is 4.98 Å². The summed E-state index contributed by atoms with van der Waals surface area (Å²) in [7, 11) is 1.95. The average Bonchev–Trinajstić information content (AvgIpc) is 2.89. The van der Waals surface area contributed by atoms with Crippen LogP contribution >= 0.6 is 0 Å². The Morgan fingerprint density at radius 3 is 2.54 bits per heavy atom. The molecule has 0 N–H and O–H groups in total. The lowest BCUT2D eigenvalue weighted by atomic mass is 10.1. The fraction of sp³-hybridized carbons (Fsp3) is 0.214. The first-order valence-electron chi connectivity index (χ1n) is 11.5. The Balaban J connectivity index is 1.40. The Bertz CT molecular complexity index is 1350. The molecule has 0 atom stereocenters. The highest BCUT2D eigenvalue weighted by atomic mass is 16.6. The van der Waals surface area contributed by atoms with Crippen LogP contribution < -0.4 is 23.8 Å². The number of nitrogens with zero attached hydrogens (tertiary/aromatic N) is 2. The van der Waals surface area contributed by atoms with Crippen LogP contribution in [0.3, 0.4) is 0 Å². The third kappa shape index (κ3) is 4.99. The predicted octanol–water partition coefficient (Wildman–Crippen LogP) is 5.26. The van der Waals surface area contributed by atoms with Gasteiger partial charge in [0, 0.05) is 19.0 Å². The van der Waals surface area contributed by atoms with Crippen LogP contribution in [0.4, 0.5) is 5.82 Å². The van der Waals surface area contributed by atoms with Gasteiger partial charge in [0.1, 0.15) is 24.8 Å². The first-order chi connectivity index (χ1) is 17.1. The highest BCUT2D eigenvalue weighted by Gasteiger charge is 2.17. The molecule has 178 valence electrons. The highest BCUT2D eigenvalue weighted by molar-refractivity contribution is 5.95. The van der Waals surface area contributed by atoms with Crippen LogP contribution in [0, 0.1) is 0 Å². The van der Waals surface area contributed by atoms with Gasteiger partial charge < -0.3 is 23.8 Å². The molecule has 0 bridgehead atoms. The maximum Gasteiger partial charge on any atom is 0.344 e. The predicted molar refractivity (Wildman–Crippen MR) is 134 cm³/mol. The van der Waals surface area contributed by atoms with Gasteiger partial charge in [0.25, 0.3) is 0 Å². The maximum atomic E-state index is 12.9. The zero-order valence-electron chi connectivity index (χ0n) is 19.7. The Labute approximate surface area is 203 Å². The number of pyridine rings is 1. The number of carbonyl (C=O) groups excluding carboxylic acids is 1. The number of benzene rings is 3. The van der Waals surface area contributed by atoms with E-state index < -0.39 is 5.97 Å². The molecule has 7 nitrogen and oxygen atoms in total. The number of carbonyl (C=O) groups is 1. The van der Waals surface area contributed by atoms with Gasteiger partial charge in [0.2, 0.25) is 5.88 Å². The minimum atomic E-state index is -0.475. The third-order valence-corrected chi connectivity index (χ3v) is 5.70. The monoisotopic (exact) mass is 470 g/mol. The van der Waals surface area contributed by atoms with E-state index >= 15 is 0 Å². The SMILES string of the molecule is CCOc1ccc(C(=O)Oc2nc(N(C)Cc3ccc4c(c3)OCCO4)cc3ccccc23)cc1. The van der Waals surface area contributed by atoms with E-state index in [1.54, 1.807) is 24.3 Å². The van der Waals surface area contributed by atoms with Crippen molar-refractivity contribution >= 4 is 22.6 Å². The molecular weight excluding hydrogens is 444 g/mol. The van der Waals surface area contributed by atoms with Crippen molar-refractivity contribution < 1.29 is 23.7 Å². The molecule has 0 fully saturated rings. The van der Waals surface area contributed by atoms with Crippen molar-refractivity contribution in [3.05, 3.63) is 83.9 Å². The number of rotatable bonds is 7. The van der Waals surface area contributed by atoms with E-state index in [9.17, 15) is 4.79 Å². The molecule has 0 unspecified atom stereocenters. The topological polar surface area (TPSA) is 70.1 Å². The van der Waals surface area contributed by atoms with Crippen LogP contribution in [0.5, 0.6) is 23.1 Å². The van der Waals surface area contributed by atoms with Crippen LogP contribution in [-0.4, -0.2) is 37.8 Å². The summed E-state index contributed by atoms with van der Waals surface area (Å²) in [5.74, 6) is 2.69. The average molecular weight is 471 g/mol. The highest BCUT2D eigenvalue weighted by Crippen LogP contribution is 2.33. The van der Waals surface area contributed by atoms with Gasteiger partial charge in [-0.25, -0.2) is 4.79 Å². The zero-order chi connectivity index (χ0) is 24.2. The number of ether oxygens (including phenoxy) is 4. The van der Waals surface area contributed by atoms with E-state index in [2.05, 4.69) is 0 Å². The number of aromatic nitrogens is 1. The van der Waals surface area contributed by atoms with Crippen LogP contribution in [0.15, 0.2) is 72.8 Å². The fourth-order valence-corrected chi connectivity index (χ4v) is 3.97. The molecule has 0 saturated heterocycles. The summed E-state index contributed by atoms with van der Waals surface area (Å²) in [5.41, 5.74) is 1.48. The van der Waals surface area contributed by atoms with E-state index in [1.807, 2.05) is 67.4 Å². The smallest absolute Gasteiger partial charge is 0.344 e. The van der Waals surface area contributed by atoms with Crippen molar-refractivity contribution in [3.8, 4) is 23.1 Å². The number of anilines is 1. The standard InChI is InChI=1S/C28H26N2O5/c1-3-32-22-11-9-20(10-12-22)28(31)35-27-23-7-5-4-6-21(23)17-26(29-27)30(2)18-19-8-13-24-25(16-19)34-15-14-33-24/h4-13,16-17H,3,14-15,18H2,1-2H3. The Hall–Kier alpha value is -4.26. The van der Waals surface area contributed by atoms with Crippen LogP contribution in [0.2, 0.25) is 0 Å². The van der Waals surface area contributed by atoms with Gasteiger partial charge in [-0.1, -0.05) is 24.3 Å². The van der Waals surface area contributed by atoms with Crippen molar-refractivity contribution in [3.63, 3.8) is 0 Å². The maximum absolute atomic E-state index is 12.9. The van der Waals surface area contributed by atoms with Crippen LogP contribution in [0.1, 0.15) is 22.8 Å². The Kier molecular flexibility index (Phi) is 6.39. The molecule has 35 heavy (non-hydrogen) atoms. The van der Waals surface area contributed by atoms with E-state index in [-0.39, 0.29) is 5.88 Å². The van der Waals surface area contributed by atoms with Crippen molar-refractivity contribution in [2.45, 2.75) is 13.5 Å². The van der Waals surface area contributed by atoms with Gasteiger partial charge in [-0.15, -0.1) is 0 Å². The van der Waals surface area contributed by atoms with Crippen LogP contribution in [0.25, 0.3) is 10.8 Å². The molecule has 0 spiro atoms. The minimum absolute atomic E-state index is 0.269. The minimum Gasteiger partial charge on any atom is -0.494 e. The molecular formula is C28H26N2O5. The summed E-state index contributed by atoms with van der Waals surface area (Å²) in [4.78, 5) is 19.6. The zero-order valence-corrected chi connectivity index (χ0v) is 19.7. The molecule has 0 aliphatic carbocycles. The molecule has 2 heterocycles. The lowest BCUT2D eigenvalue weighted by Crippen LogP contribution is -2.19. The summed E-state index contributed by atoms with van der Waals surface area (Å²) in [6.07, 6.45) is 0. The third-order valence-electron chi connectivity index (χ3n) is 5.70. The lowest BCUT2D eigenvalue weighted by molar-refractivity contribution is 0.0730. The van der Waals surface area contributed by atoms with E-state index in [0.717, 1.165) is 27.8 Å². The van der Waals surface area contributed by atoms with Crippen LogP contribution in [-0.2, 0) is 6.54 Å². The quantitative estimate of drug-likeness (QED) is 0.341. The van der Waals surface area contributed by atoms with E-state index in [4.69, 9.17) is 23.9 Å². The van der Waals surface area contributed by atoms with Gasteiger partial charge >= 0.3 is 5.97 Å². The molecule has 0 saturated carbocycles. The first-order valence-corrected chi connectivity index (χ1v) is 11.5. The Morgan fingerprint density at radius 2 is 1.74 bits per heavy atom. The first kappa shape index (κ1) is 22.5. The number of esters is 1. The van der Waals surface area contributed by atoms with Gasteiger partial charge in [0.05, 0.1) is 12.2 Å². The van der Waals surface area contributed by atoms with Crippen molar-refractivity contribution in [2.75, 3.05) is 31.8 Å². The summed E-state index contributed by atoms with van der Waals surface area (Å²) in [5, 5.41) is 1.70. The number of hydrogen-bond acceptors (Lipinski definition) is 7. The van der Waals surface area contributed by atoms with Gasteiger partial charge in [-0.05, 0) is 66.4 Å². The Morgan fingerprint density at radius 1 is 0.971 bits per heavy atom. The molecule has 1 aromatic heterocycles. The summed E-state index contributed by atoms with van der Waals surface area (Å²) < 4.78 is 22.6. The summed E-state index contributed by atoms with van der Waals surface area (Å²) in [6, 6.07) is 22.5. The second-order valence-electron chi connectivity index (χ2n) is 8.19. The van der Waals surface area contributed by atoms with Gasteiger partial charge in [-0.2, -0.15) is 4.98 Å². The molecule has 1 aliphatic heterocycles. The second kappa shape index (κ2) is 9.93. The molecule has 3 aromatic carbocycles. The second-order valence-corrected chi connectivity index (χ2v) is 8.19. The summed E-state index contributed by atoms with van der Waals surface area (Å²) >= 11 is 0. The number of hydrogen-bond donors (Lipinski definition) is 0. The van der Waals surface area contributed by atoms with E-state index in [0.29, 0.717) is 43.5 Å². The van der Waals surface area contributed by atoms with Crippen molar-refractivity contribution in [2.24, 2.45) is 0 Å². The largest absolute Gasteiger partial charge is 0.494 e. The van der Waals surface area contributed by atoms with Crippen molar-refractivity contribution in [1.29, 1.82) is 0 Å².